The molecule has 28 heavy (non-hydrogen) atoms. The van der Waals surface area contributed by atoms with Crippen molar-refractivity contribution in [2.24, 2.45) is 0 Å². The third kappa shape index (κ3) is 3.46. The second-order valence-corrected chi connectivity index (χ2v) is 6.94. The molecule has 0 unspecified atom stereocenters. The van der Waals surface area contributed by atoms with E-state index in [1.807, 2.05) is 18.2 Å². The second-order valence-electron chi connectivity index (χ2n) is 6.94. The first-order valence-electron chi connectivity index (χ1n) is 9.25. The predicted octanol–water partition coefficient (Wildman–Crippen LogP) is 2.71. The zero-order valence-electron chi connectivity index (χ0n) is 15.5. The van der Waals surface area contributed by atoms with Crippen molar-refractivity contribution in [2.75, 3.05) is 31.1 Å². The summed E-state index contributed by atoms with van der Waals surface area (Å²) in [5, 5.41) is 11.4. The standard InChI is InChI=1S/C20H21N5O3/c1-14(19-21-18-5-3-2-4-17(18)20(26)22-19)23-10-12-24(13-11-23)15-6-8-16(9-7-15)25(27)28/h2-9,14H,10-13H2,1H3,(H,21,22,26)/t14-/m0/s1. The topological polar surface area (TPSA) is 95.4 Å². The van der Waals surface area contributed by atoms with Gasteiger partial charge in [-0.3, -0.25) is 19.8 Å². The molecule has 1 N–H and O–H groups in total. The third-order valence-electron chi connectivity index (χ3n) is 5.31. The van der Waals surface area contributed by atoms with Gasteiger partial charge in [0, 0.05) is 44.0 Å². The zero-order valence-corrected chi connectivity index (χ0v) is 15.5. The molecule has 1 aliphatic heterocycles. The molecule has 0 amide bonds. The minimum absolute atomic E-state index is 0.00341. The Balaban J connectivity index is 1.46. The quantitative estimate of drug-likeness (QED) is 0.553. The highest BCUT2D eigenvalue weighted by Gasteiger charge is 2.24. The van der Waals surface area contributed by atoms with Crippen LogP contribution in [-0.2, 0) is 0 Å². The Morgan fingerprint density at radius 3 is 2.43 bits per heavy atom. The Bertz CT molecular complexity index is 1060. The van der Waals surface area contributed by atoms with Gasteiger partial charge in [-0.25, -0.2) is 4.98 Å². The minimum Gasteiger partial charge on any atom is -0.369 e. The minimum atomic E-state index is -0.388. The van der Waals surface area contributed by atoms with Crippen molar-refractivity contribution in [2.45, 2.75) is 13.0 Å². The first kappa shape index (κ1) is 18.1. The number of rotatable bonds is 4. The van der Waals surface area contributed by atoms with Crippen molar-refractivity contribution in [3.63, 3.8) is 0 Å². The van der Waals surface area contributed by atoms with Crippen LogP contribution in [-0.4, -0.2) is 46.0 Å². The second kappa shape index (κ2) is 7.40. The van der Waals surface area contributed by atoms with E-state index in [1.54, 1.807) is 18.2 Å². The molecule has 1 saturated heterocycles. The van der Waals surface area contributed by atoms with E-state index in [4.69, 9.17) is 0 Å². The Hall–Kier alpha value is -3.26. The fraction of sp³-hybridized carbons (Fsp3) is 0.300. The number of H-pyrrole nitrogens is 1. The molecule has 0 saturated carbocycles. The molecule has 8 nitrogen and oxygen atoms in total. The third-order valence-corrected chi connectivity index (χ3v) is 5.31. The van der Waals surface area contributed by atoms with Crippen LogP contribution in [0, 0.1) is 10.1 Å². The Labute approximate surface area is 161 Å². The van der Waals surface area contributed by atoms with E-state index in [2.05, 4.69) is 26.7 Å². The van der Waals surface area contributed by atoms with E-state index in [9.17, 15) is 14.9 Å². The van der Waals surface area contributed by atoms with E-state index in [1.165, 1.54) is 12.1 Å². The van der Waals surface area contributed by atoms with Crippen LogP contribution in [0.3, 0.4) is 0 Å². The Morgan fingerprint density at radius 1 is 1.07 bits per heavy atom. The van der Waals surface area contributed by atoms with Crippen LogP contribution < -0.4 is 10.5 Å². The Morgan fingerprint density at radius 2 is 1.75 bits per heavy atom. The first-order chi connectivity index (χ1) is 13.5. The van der Waals surface area contributed by atoms with Gasteiger partial charge in [0.15, 0.2) is 0 Å². The van der Waals surface area contributed by atoms with Crippen LogP contribution in [0.15, 0.2) is 53.3 Å². The van der Waals surface area contributed by atoms with Gasteiger partial charge in [-0.05, 0) is 31.2 Å². The molecule has 144 valence electrons. The van der Waals surface area contributed by atoms with Gasteiger partial charge in [-0.1, -0.05) is 12.1 Å². The lowest BCUT2D eigenvalue weighted by atomic mass is 10.1. The molecule has 1 aliphatic rings. The number of fused-ring (bicyclic) bond motifs is 1. The molecule has 0 radical (unpaired) electrons. The zero-order chi connectivity index (χ0) is 19.7. The number of aromatic amines is 1. The normalized spacial score (nSPS) is 16.2. The molecule has 0 spiro atoms. The van der Waals surface area contributed by atoms with Crippen molar-refractivity contribution in [3.8, 4) is 0 Å². The number of piperazine rings is 1. The maximum Gasteiger partial charge on any atom is 0.269 e. The summed E-state index contributed by atoms with van der Waals surface area (Å²) in [4.78, 5) is 34.8. The summed E-state index contributed by atoms with van der Waals surface area (Å²) in [5.41, 5.74) is 1.67. The molecule has 0 aliphatic carbocycles. The van der Waals surface area contributed by atoms with Gasteiger partial charge in [0.1, 0.15) is 5.82 Å². The molecule has 1 atom stereocenters. The van der Waals surface area contributed by atoms with Crippen LogP contribution in [0.1, 0.15) is 18.8 Å². The lowest BCUT2D eigenvalue weighted by Gasteiger charge is -2.38. The van der Waals surface area contributed by atoms with Crippen molar-refractivity contribution in [3.05, 3.63) is 74.8 Å². The van der Waals surface area contributed by atoms with Crippen molar-refractivity contribution >= 4 is 22.3 Å². The average Bonchev–Trinajstić information content (AvgIpc) is 2.73. The first-order valence-corrected chi connectivity index (χ1v) is 9.25. The van der Waals surface area contributed by atoms with Gasteiger partial charge in [0.05, 0.1) is 21.9 Å². The highest BCUT2D eigenvalue weighted by Crippen LogP contribution is 2.24. The van der Waals surface area contributed by atoms with Gasteiger partial charge in [0.2, 0.25) is 0 Å². The van der Waals surface area contributed by atoms with E-state index in [0.717, 1.165) is 31.9 Å². The molecule has 1 aromatic heterocycles. The summed E-state index contributed by atoms with van der Waals surface area (Å²) in [7, 11) is 0. The molecule has 8 heteroatoms. The fourth-order valence-corrected chi connectivity index (χ4v) is 3.63. The number of benzene rings is 2. The number of nitrogens with zero attached hydrogens (tertiary/aromatic N) is 4. The Kier molecular flexibility index (Phi) is 4.79. The van der Waals surface area contributed by atoms with Crippen molar-refractivity contribution < 1.29 is 4.92 Å². The average molecular weight is 379 g/mol. The molecule has 1 fully saturated rings. The molecule has 2 heterocycles. The number of nitro groups is 1. The summed E-state index contributed by atoms with van der Waals surface area (Å²) in [6.45, 7) is 5.29. The number of aromatic nitrogens is 2. The molecule has 3 aromatic rings. The molecular weight excluding hydrogens is 358 g/mol. The monoisotopic (exact) mass is 379 g/mol. The number of hydrogen-bond acceptors (Lipinski definition) is 6. The summed E-state index contributed by atoms with van der Waals surface area (Å²) in [5.74, 6) is 0.674. The summed E-state index contributed by atoms with van der Waals surface area (Å²) in [6, 6.07) is 14.0. The molecule has 0 bridgehead atoms. The number of non-ortho nitro benzene ring substituents is 1. The van der Waals surface area contributed by atoms with Gasteiger partial charge < -0.3 is 9.88 Å². The number of para-hydroxylation sites is 1. The van der Waals surface area contributed by atoms with E-state index >= 15 is 0 Å². The highest BCUT2D eigenvalue weighted by molar-refractivity contribution is 5.77. The molecule has 2 aromatic carbocycles. The van der Waals surface area contributed by atoms with Crippen molar-refractivity contribution in [1.82, 2.24) is 14.9 Å². The van der Waals surface area contributed by atoms with E-state index < -0.39 is 0 Å². The largest absolute Gasteiger partial charge is 0.369 e. The number of hydrogen-bond donors (Lipinski definition) is 1. The smallest absolute Gasteiger partial charge is 0.269 e. The lowest BCUT2D eigenvalue weighted by Crippen LogP contribution is -2.47. The van der Waals surface area contributed by atoms with Crippen LogP contribution in [0.2, 0.25) is 0 Å². The van der Waals surface area contributed by atoms with Gasteiger partial charge in [0.25, 0.3) is 11.2 Å². The van der Waals surface area contributed by atoms with Gasteiger partial charge in [-0.15, -0.1) is 0 Å². The number of nitro benzene ring substituents is 1. The van der Waals surface area contributed by atoms with Gasteiger partial charge >= 0.3 is 0 Å². The lowest BCUT2D eigenvalue weighted by molar-refractivity contribution is -0.384. The van der Waals surface area contributed by atoms with Crippen LogP contribution >= 0.6 is 0 Å². The maximum absolute atomic E-state index is 12.3. The van der Waals surface area contributed by atoms with Crippen LogP contribution in [0.5, 0.6) is 0 Å². The SMILES string of the molecule is C[C@@H](c1nc2ccccc2c(=O)[nH]1)N1CCN(c2ccc([N+](=O)[O-])cc2)CC1. The molecule has 4 rings (SSSR count). The fourth-order valence-electron chi connectivity index (χ4n) is 3.63. The van der Waals surface area contributed by atoms with Crippen LogP contribution in [0.4, 0.5) is 11.4 Å². The number of anilines is 1. The summed E-state index contributed by atoms with van der Waals surface area (Å²) < 4.78 is 0. The van der Waals surface area contributed by atoms with E-state index in [0.29, 0.717) is 16.7 Å². The van der Waals surface area contributed by atoms with E-state index in [-0.39, 0.29) is 22.2 Å². The maximum atomic E-state index is 12.3. The highest BCUT2D eigenvalue weighted by atomic mass is 16.6. The van der Waals surface area contributed by atoms with Gasteiger partial charge in [-0.2, -0.15) is 0 Å². The van der Waals surface area contributed by atoms with Crippen molar-refractivity contribution in [1.29, 1.82) is 0 Å². The predicted molar refractivity (Wildman–Crippen MR) is 108 cm³/mol. The van der Waals surface area contributed by atoms with Crippen LogP contribution in [0.25, 0.3) is 10.9 Å². The molecular formula is C20H21N5O3. The number of nitrogens with one attached hydrogen (secondary N) is 1. The summed E-state index contributed by atoms with van der Waals surface area (Å²) >= 11 is 0. The summed E-state index contributed by atoms with van der Waals surface area (Å²) in [6.07, 6.45) is 0.